The number of fused-ring (bicyclic) bond motifs is 1. The molecule has 0 aliphatic heterocycles. The summed E-state index contributed by atoms with van der Waals surface area (Å²) in [6, 6.07) is 22.4. The van der Waals surface area contributed by atoms with E-state index in [0.717, 1.165) is 22.0 Å². The molecule has 26 heavy (non-hydrogen) atoms. The third-order valence-electron chi connectivity index (χ3n) is 4.24. The van der Waals surface area contributed by atoms with Gasteiger partial charge in [-0.15, -0.1) is 11.3 Å². The van der Waals surface area contributed by atoms with Crippen LogP contribution in [0.1, 0.15) is 10.6 Å². The second kappa shape index (κ2) is 7.10. The lowest BCUT2D eigenvalue weighted by molar-refractivity contribution is -0.115. The van der Waals surface area contributed by atoms with Crippen LogP contribution in [0.25, 0.3) is 22.0 Å². The fourth-order valence-electron chi connectivity index (χ4n) is 2.85. The first-order valence-corrected chi connectivity index (χ1v) is 9.35. The highest BCUT2D eigenvalue weighted by Gasteiger charge is 2.10. The predicted octanol–water partition coefficient (Wildman–Crippen LogP) is 5.45. The number of carbonyl (C=O) groups is 1. The number of benzene rings is 3. The zero-order chi connectivity index (χ0) is 17.9. The van der Waals surface area contributed by atoms with Crippen molar-refractivity contribution >= 4 is 33.7 Å². The van der Waals surface area contributed by atoms with Crippen LogP contribution in [-0.2, 0) is 11.2 Å². The Morgan fingerprint density at radius 3 is 2.58 bits per heavy atom. The van der Waals surface area contributed by atoms with Gasteiger partial charge in [-0.2, -0.15) is 0 Å². The molecule has 4 aromatic rings. The minimum absolute atomic E-state index is 0.0479. The van der Waals surface area contributed by atoms with Gasteiger partial charge in [0.1, 0.15) is 5.01 Å². The molecule has 128 valence electrons. The molecule has 4 heteroatoms. The van der Waals surface area contributed by atoms with Gasteiger partial charge in [-0.05, 0) is 35.9 Å². The highest BCUT2D eigenvalue weighted by Crippen LogP contribution is 2.26. The molecular weight excluding hydrogens is 340 g/mol. The number of hydrogen-bond donors (Lipinski definition) is 1. The maximum Gasteiger partial charge on any atom is 0.231 e. The molecule has 0 unspecified atom stereocenters. The summed E-state index contributed by atoms with van der Waals surface area (Å²) in [5.74, 6) is -0.0479. The van der Waals surface area contributed by atoms with E-state index in [9.17, 15) is 4.79 Å². The van der Waals surface area contributed by atoms with E-state index in [1.165, 1.54) is 27.7 Å². The summed E-state index contributed by atoms with van der Waals surface area (Å²) in [5.41, 5.74) is 3.97. The molecule has 1 amide bonds. The predicted molar refractivity (Wildman–Crippen MR) is 109 cm³/mol. The highest BCUT2D eigenvalue weighted by atomic mass is 32.1. The van der Waals surface area contributed by atoms with Crippen LogP contribution in [0.15, 0.2) is 72.1 Å². The zero-order valence-electron chi connectivity index (χ0n) is 14.4. The molecule has 0 fully saturated rings. The lowest BCUT2D eigenvalue weighted by atomic mass is 10.1. The topological polar surface area (TPSA) is 42.0 Å². The molecule has 0 saturated heterocycles. The zero-order valence-corrected chi connectivity index (χ0v) is 15.2. The van der Waals surface area contributed by atoms with Crippen LogP contribution in [0.3, 0.4) is 0 Å². The molecule has 1 heterocycles. The Bertz CT molecular complexity index is 1070. The van der Waals surface area contributed by atoms with Crippen molar-refractivity contribution in [3.8, 4) is 11.3 Å². The Hall–Kier alpha value is -2.98. The van der Waals surface area contributed by atoms with E-state index in [1.807, 2.05) is 48.7 Å². The van der Waals surface area contributed by atoms with Gasteiger partial charge in [0.15, 0.2) is 0 Å². The van der Waals surface area contributed by atoms with Crippen LogP contribution in [-0.4, -0.2) is 10.9 Å². The van der Waals surface area contributed by atoms with Gasteiger partial charge >= 0.3 is 0 Å². The summed E-state index contributed by atoms with van der Waals surface area (Å²) in [4.78, 5) is 16.9. The Kier molecular flexibility index (Phi) is 4.50. The largest absolute Gasteiger partial charge is 0.326 e. The third kappa shape index (κ3) is 3.65. The monoisotopic (exact) mass is 358 g/mol. The van der Waals surface area contributed by atoms with Crippen LogP contribution in [0.2, 0.25) is 0 Å². The number of anilines is 1. The number of thiazole rings is 1. The highest BCUT2D eigenvalue weighted by molar-refractivity contribution is 7.10. The molecule has 0 bridgehead atoms. The van der Waals surface area contributed by atoms with E-state index in [1.54, 1.807) is 0 Å². The van der Waals surface area contributed by atoms with Crippen molar-refractivity contribution in [2.75, 3.05) is 5.32 Å². The van der Waals surface area contributed by atoms with Crippen molar-refractivity contribution in [2.45, 2.75) is 13.3 Å². The van der Waals surface area contributed by atoms with Crippen LogP contribution in [0.4, 0.5) is 5.69 Å². The lowest BCUT2D eigenvalue weighted by Crippen LogP contribution is -2.14. The molecule has 0 aliphatic carbocycles. The molecule has 0 spiro atoms. The number of aromatic nitrogens is 1. The smallest absolute Gasteiger partial charge is 0.231 e. The normalized spacial score (nSPS) is 10.8. The number of nitrogens with zero attached hydrogens (tertiary/aromatic N) is 1. The molecule has 0 saturated carbocycles. The molecule has 3 nitrogen and oxygen atoms in total. The number of amides is 1. The van der Waals surface area contributed by atoms with Crippen LogP contribution in [0.5, 0.6) is 0 Å². The van der Waals surface area contributed by atoms with Gasteiger partial charge in [-0.3, -0.25) is 4.79 Å². The molecule has 0 aliphatic rings. The van der Waals surface area contributed by atoms with Crippen LogP contribution < -0.4 is 5.32 Å². The standard InChI is InChI=1S/C22H18N2OS/c1-15-6-10-19(11-7-15)23-21(25)13-22-24-20(14-26-22)18-9-8-16-4-2-3-5-17(16)12-18/h2-12,14H,13H2,1H3,(H,23,25). The number of aryl methyl sites for hydroxylation is 1. The van der Waals surface area contributed by atoms with Gasteiger partial charge < -0.3 is 5.32 Å². The molecule has 1 N–H and O–H groups in total. The van der Waals surface area contributed by atoms with Gasteiger partial charge in [-0.1, -0.05) is 54.1 Å². The van der Waals surface area contributed by atoms with Gasteiger partial charge in [0.25, 0.3) is 0 Å². The summed E-state index contributed by atoms with van der Waals surface area (Å²) in [7, 11) is 0. The maximum atomic E-state index is 12.2. The van der Waals surface area contributed by atoms with Crippen LogP contribution >= 0.6 is 11.3 Å². The van der Waals surface area contributed by atoms with Crippen molar-refractivity contribution in [1.29, 1.82) is 0 Å². The van der Waals surface area contributed by atoms with Gasteiger partial charge in [0.05, 0.1) is 12.1 Å². The number of rotatable bonds is 4. The first kappa shape index (κ1) is 16.5. The second-order valence-electron chi connectivity index (χ2n) is 6.28. The fraction of sp³-hybridized carbons (Fsp3) is 0.0909. The average Bonchev–Trinajstić information content (AvgIpc) is 3.11. The van der Waals surface area contributed by atoms with E-state index >= 15 is 0 Å². The summed E-state index contributed by atoms with van der Waals surface area (Å²) >= 11 is 1.52. The van der Waals surface area contributed by atoms with Crippen LogP contribution in [0, 0.1) is 6.92 Å². The van der Waals surface area contributed by atoms with Gasteiger partial charge in [-0.25, -0.2) is 4.98 Å². The Balaban J connectivity index is 1.48. The van der Waals surface area contributed by atoms with Crippen molar-refractivity contribution in [3.05, 3.63) is 82.7 Å². The van der Waals surface area contributed by atoms with E-state index in [2.05, 4.69) is 40.6 Å². The number of nitrogens with one attached hydrogen (secondary N) is 1. The molecule has 4 rings (SSSR count). The first-order valence-electron chi connectivity index (χ1n) is 8.47. The Morgan fingerprint density at radius 2 is 1.77 bits per heavy atom. The number of carbonyl (C=O) groups excluding carboxylic acids is 1. The first-order chi connectivity index (χ1) is 12.7. The quantitative estimate of drug-likeness (QED) is 0.527. The van der Waals surface area contributed by atoms with E-state index < -0.39 is 0 Å². The average molecular weight is 358 g/mol. The summed E-state index contributed by atoms with van der Waals surface area (Å²) in [5, 5.41) is 8.15. The summed E-state index contributed by atoms with van der Waals surface area (Å²) < 4.78 is 0. The lowest BCUT2D eigenvalue weighted by Gasteiger charge is -2.04. The van der Waals surface area contributed by atoms with Crippen molar-refractivity contribution < 1.29 is 4.79 Å². The molecule has 3 aromatic carbocycles. The minimum atomic E-state index is -0.0479. The molecule has 0 atom stereocenters. The number of hydrogen-bond acceptors (Lipinski definition) is 3. The van der Waals surface area contributed by atoms with Crippen molar-refractivity contribution in [2.24, 2.45) is 0 Å². The molecule has 1 aromatic heterocycles. The van der Waals surface area contributed by atoms with E-state index in [0.29, 0.717) is 0 Å². The van der Waals surface area contributed by atoms with E-state index in [4.69, 9.17) is 0 Å². The molecular formula is C22H18N2OS. The SMILES string of the molecule is Cc1ccc(NC(=O)Cc2nc(-c3ccc4ccccc4c3)cs2)cc1. The van der Waals surface area contributed by atoms with Crippen molar-refractivity contribution in [1.82, 2.24) is 4.98 Å². The second-order valence-corrected chi connectivity index (χ2v) is 7.22. The minimum Gasteiger partial charge on any atom is -0.326 e. The summed E-state index contributed by atoms with van der Waals surface area (Å²) in [6.45, 7) is 2.02. The Labute approximate surface area is 156 Å². The maximum absolute atomic E-state index is 12.2. The van der Waals surface area contributed by atoms with Gasteiger partial charge in [0.2, 0.25) is 5.91 Å². The molecule has 0 radical (unpaired) electrons. The third-order valence-corrected chi connectivity index (χ3v) is 5.09. The fourth-order valence-corrected chi connectivity index (χ4v) is 3.65. The Morgan fingerprint density at radius 1 is 1.00 bits per heavy atom. The van der Waals surface area contributed by atoms with Crippen molar-refractivity contribution in [3.63, 3.8) is 0 Å². The van der Waals surface area contributed by atoms with E-state index in [-0.39, 0.29) is 12.3 Å². The summed E-state index contributed by atoms with van der Waals surface area (Å²) in [6.07, 6.45) is 0.284. The van der Waals surface area contributed by atoms with Gasteiger partial charge in [0, 0.05) is 16.6 Å².